The lowest BCUT2D eigenvalue weighted by molar-refractivity contribution is 0.414. The molecule has 1 heterocycles. The Hall–Kier alpha value is -2.43. The molecule has 22 heavy (non-hydrogen) atoms. The molecule has 5 heteroatoms. The molecule has 0 aliphatic heterocycles. The van der Waals surface area contributed by atoms with Gasteiger partial charge in [-0.05, 0) is 42.3 Å². The van der Waals surface area contributed by atoms with Gasteiger partial charge < -0.3 is 19.9 Å². The van der Waals surface area contributed by atoms with Crippen molar-refractivity contribution < 1.29 is 4.74 Å². The fourth-order valence-electron chi connectivity index (χ4n) is 2.27. The Kier molecular flexibility index (Phi) is 5.89. The van der Waals surface area contributed by atoms with E-state index in [1.807, 2.05) is 24.3 Å². The molecule has 2 aromatic rings. The first-order chi connectivity index (χ1) is 10.7. The Labute approximate surface area is 132 Å². The van der Waals surface area contributed by atoms with Gasteiger partial charge in [-0.15, -0.1) is 0 Å². The average Bonchev–Trinajstić information content (AvgIpc) is 3.03. The van der Waals surface area contributed by atoms with Crippen molar-refractivity contribution in [3.63, 3.8) is 0 Å². The molecule has 0 saturated carbocycles. The SMILES string of the molecule is CN=C(NCCn1cccc1)NCc1cc(C)cc(OC)c1. The van der Waals surface area contributed by atoms with Crippen molar-refractivity contribution in [2.45, 2.75) is 20.0 Å². The van der Waals surface area contributed by atoms with Crippen molar-refractivity contribution in [1.29, 1.82) is 0 Å². The van der Waals surface area contributed by atoms with Gasteiger partial charge in [0.05, 0.1) is 7.11 Å². The zero-order valence-electron chi connectivity index (χ0n) is 13.5. The monoisotopic (exact) mass is 300 g/mol. The molecule has 1 aromatic carbocycles. The summed E-state index contributed by atoms with van der Waals surface area (Å²) >= 11 is 0. The van der Waals surface area contributed by atoms with Gasteiger partial charge in [-0.1, -0.05) is 6.07 Å². The third-order valence-electron chi connectivity index (χ3n) is 3.36. The van der Waals surface area contributed by atoms with Crippen LogP contribution in [0.3, 0.4) is 0 Å². The maximum atomic E-state index is 5.30. The van der Waals surface area contributed by atoms with Gasteiger partial charge in [0.25, 0.3) is 0 Å². The van der Waals surface area contributed by atoms with Crippen LogP contribution >= 0.6 is 0 Å². The van der Waals surface area contributed by atoms with E-state index in [9.17, 15) is 0 Å². The number of methoxy groups -OCH3 is 1. The van der Waals surface area contributed by atoms with Crippen LogP contribution in [0.25, 0.3) is 0 Å². The van der Waals surface area contributed by atoms with E-state index < -0.39 is 0 Å². The number of ether oxygens (including phenoxy) is 1. The van der Waals surface area contributed by atoms with E-state index in [1.54, 1.807) is 14.2 Å². The number of hydrogen-bond acceptors (Lipinski definition) is 2. The molecule has 0 atom stereocenters. The summed E-state index contributed by atoms with van der Waals surface area (Å²) in [6.45, 7) is 4.51. The Bertz CT molecular complexity index is 605. The van der Waals surface area contributed by atoms with Crippen LogP contribution in [0.2, 0.25) is 0 Å². The van der Waals surface area contributed by atoms with E-state index in [4.69, 9.17) is 4.74 Å². The molecule has 0 bridgehead atoms. The molecular formula is C17H24N4O. The lowest BCUT2D eigenvalue weighted by Gasteiger charge is -2.13. The molecule has 2 N–H and O–H groups in total. The minimum absolute atomic E-state index is 0.710. The summed E-state index contributed by atoms with van der Waals surface area (Å²) in [6, 6.07) is 10.2. The molecule has 1 aromatic heterocycles. The summed E-state index contributed by atoms with van der Waals surface area (Å²) in [5.41, 5.74) is 2.36. The number of nitrogens with one attached hydrogen (secondary N) is 2. The largest absolute Gasteiger partial charge is 0.497 e. The molecule has 0 saturated heterocycles. The molecule has 0 aliphatic carbocycles. The van der Waals surface area contributed by atoms with Gasteiger partial charge >= 0.3 is 0 Å². The van der Waals surface area contributed by atoms with E-state index in [0.29, 0.717) is 6.54 Å². The van der Waals surface area contributed by atoms with E-state index in [-0.39, 0.29) is 0 Å². The Morgan fingerprint density at radius 3 is 2.64 bits per heavy atom. The second kappa shape index (κ2) is 8.12. The third kappa shape index (κ3) is 4.84. The highest BCUT2D eigenvalue weighted by atomic mass is 16.5. The highest BCUT2D eigenvalue weighted by Gasteiger charge is 2.01. The normalized spacial score (nSPS) is 11.3. The minimum Gasteiger partial charge on any atom is -0.497 e. The molecule has 0 amide bonds. The van der Waals surface area contributed by atoms with Crippen LogP contribution in [-0.4, -0.2) is 31.2 Å². The number of hydrogen-bond donors (Lipinski definition) is 2. The maximum Gasteiger partial charge on any atom is 0.191 e. The van der Waals surface area contributed by atoms with Crippen molar-refractivity contribution in [3.8, 4) is 5.75 Å². The molecule has 0 aliphatic rings. The number of aromatic nitrogens is 1. The van der Waals surface area contributed by atoms with Crippen molar-refractivity contribution in [2.75, 3.05) is 20.7 Å². The average molecular weight is 300 g/mol. The molecule has 0 radical (unpaired) electrons. The number of benzene rings is 1. The standard InChI is InChI=1S/C17H24N4O/c1-14-10-15(12-16(11-14)22-3)13-20-17(18-2)19-6-9-21-7-4-5-8-21/h4-5,7-8,10-12H,6,9,13H2,1-3H3,(H2,18,19,20). The molecule has 0 unspecified atom stereocenters. The first-order valence-electron chi connectivity index (χ1n) is 7.41. The minimum atomic E-state index is 0.710. The van der Waals surface area contributed by atoms with Gasteiger partial charge in [-0.25, -0.2) is 0 Å². The second-order valence-electron chi connectivity index (χ2n) is 5.13. The van der Waals surface area contributed by atoms with Crippen LogP contribution in [0.1, 0.15) is 11.1 Å². The Morgan fingerprint density at radius 2 is 1.95 bits per heavy atom. The first kappa shape index (κ1) is 15.9. The van der Waals surface area contributed by atoms with Crippen LogP contribution in [0.4, 0.5) is 0 Å². The van der Waals surface area contributed by atoms with Crippen LogP contribution in [-0.2, 0) is 13.1 Å². The molecule has 118 valence electrons. The number of guanidine groups is 1. The van der Waals surface area contributed by atoms with Crippen LogP contribution in [0.5, 0.6) is 5.75 Å². The van der Waals surface area contributed by atoms with Gasteiger partial charge in [0.15, 0.2) is 5.96 Å². The van der Waals surface area contributed by atoms with Crippen molar-refractivity contribution in [3.05, 3.63) is 53.9 Å². The molecular weight excluding hydrogens is 276 g/mol. The topological polar surface area (TPSA) is 50.6 Å². The van der Waals surface area contributed by atoms with E-state index in [1.165, 1.54) is 11.1 Å². The lowest BCUT2D eigenvalue weighted by atomic mass is 10.1. The molecule has 0 spiro atoms. The number of aliphatic imine (C=N–C) groups is 1. The molecule has 5 nitrogen and oxygen atoms in total. The van der Waals surface area contributed by atoms with Crippen LogP contribution in [0.15, 0.2) is 47.7 Å². The number of nitrogens with zero attached hydrogens (tertiary/aromatic N) is 2. The fraction of sp³-hybridized carbons (Fsp3) is 0.353. The highest BCUT2D eigenvalue weighted by molar-refractivity contribution is 5.79. The van der Waals surface area contributed by atoms with Gasteiger partial charge in [-0.3, -0.25) is 4.99 Å². The zero-order valence-corrected chi connectivity index (χ0v) is 13.5. The highest BCUT2D eigenvalue weighted by Crippen LogP contribution is 2.16. The van der Waals surface area contributed by atoms with Crippen LogP contribution in [0, 0.1) is 6.92 Å². The molecule has 0 fully saturated rings. The lowest BCUT2D eigenvalue weighted by Crippen LogP contribution is -2.38. The first-order valence-corrected chi connectivity index (χ1v) is 7.41. The predicted octanol–water partition coefficient (Wildman–Crippen LogP) is 2.17. The summed E-state index contributed by atoms with van der Waals surface area (Å²) in [4.78, 5) is 4.24. The van der Waals surface area contributed by atoms with Crippen molar-refractivity contribution >= 4 is 5.96 Å². The quantitative estimate of drug-likeness (QED) is 0.635. The number of aryl methyl sites for hydroxylation is 1. The van der Waals surface area contributed by atoms with Gasteiger partial charge in [0.1, 0.15) is 5.75 Å². The summed E-state index contributed by atoms with van der Waals surface area (Å²) in [6.07, 6.45) is 4.10. The maximum absolute atomic E-state index is 5.30. The Balaban J connectivity index is 1.82. The second-order valence-corrected chi connectivity index (χ2v) is 5.13. The predicted molar refractivity (Wildman–Crippen MR) is 90.4 cm³/mol. The molecule has 2 rings (SSSR count). The zero-order chi connectivity index (χ0) is 15.8. The van der Waals surface area contributed by atoms with E-state index in [0.717, 1.165) is 24.8 Å². The smallest absolute Gasteiger partial charge is 0.191 e. The van der Waals surface area contributed by atoms with E-state index >= 15 is 0 Å². The van der Waals surface area contributed by atoms with Gasteiger partial charge in [0, 0.05) is 39.1 Å². The number of rotatable bonds is 6. The van der Waals surface area contributed by atoms with E-state index in [2.05, 4.69) is 45.6 Å². The summed E-state index contributed by atoms with van der Waals surface area (Å²) in [5, 5.41) is 6.63. The van der Waals surface area contributed by atoms with Gasteiger partial charge in [-0.2, -0.15) is 0 Å². The van der Waals surface area contributed by atoms with Crippen molar-refractivity contribution in [1.82, 2.24) is 15.2 Å². The summed E-state index contributed by atoms with van der Waals surface area (Å²) < 4.78 is 7.43. The fourth-order valence-corrected chi connectivity index (χ4v) is 2.27. The van der Waals surface area contributed by atoms with Crippen molar-refractivity contribution in [2.24, 2.45) is 4.99 Å². The summed E-state index contributed by atoms with van der Waals surface area (Å²) in [5.74, 6) is 1.68. The Morgan fingerprint density at radius 1 is 1.18 bits per heavy atom. The third-order valence-corrected chi connectivity index (χ3v) is 3.36. The summed E-state index contributed by atoms with van der Waals surface area (Å²) in [7, 11) is 3.47. The van der Waals surface area contributed by atoms with Crippen LogP contribution < -0.4 is 15.4 Å². The van der Waals surface area contributed by atoms with Gasteiger partial charge in [0.2, 0.25) is 0 Å².